The predicted molar refractivity (Wildman–Crippen MR) is 57.4 cm³/mol. The Bertz CT molecular complexity index is 513. The molecule has 1 atom stereocenters. The number of rotatable bonds is 6. The minimum absolute atomic E-state index is 0.391. The van der Waals surface area contributed by atoms with Gasteiger partial charge in [0, 0.05) is 0 Å². The lowest BCUT2D eigenvalue weighted by molar-refractivity contribution is -0.386. The molecule has 1 N–H and O–H groups in total. The highest BCUT2D eigenvalue weighted by Gasteiger charge is 2.32. The number of carboxylic acid groups (broad SMARTS) is 1. The number of carbonyl (C=O) groups is 1. The van der Waals surface area contributed by atoms with Gasteiger partial charge in [0.2, 0.25) is 0 Å². The van der Waals surface area contributed by atoms with Gasteiger partial charge >= 0.3 is 23.7 Å². The average molecular weight is 297 g/mol. The van der Waals surface area contributed by atoms with Crippen LogP contribution in [0.15, 0.2) is 6.20 Å². The van der Waals surface area contributed by atoms with E-state index in [0.29, 0.717) is 0 Å². The number of aromatic nitrogens is 2. The molecule has 0 aromatic carbocycles. The van der Waals surface area contributed by atoms with Crippen LogP contribution in [0.25, 0.3) is 0 Å². The van der Waals surface area contributed by atoms with Crippen LogP contribution in [0.5, 0.6) is 5.88 Å². The summed E-state index contributed by atoms with van der Waals surface area (Å²) in [5.74, 6) is -1.97. The number of alkyl halides is 3. The van der Waals surface area contributed by atoms with Crippen molar-refractivity contribution in [3.63, 3.8) is 0 Å². The van der Waals surface area contributed by atoms with Gasteiger partial charge in [-0.1, -0.05) is 0 Å². The lowest BCUT2D eigenvalue weighted by atomic mass is 10.2. The normalized spacial score (nSPS) is 13.0. The zero-order valence-corrected chi connectivity index (χ0v) is 10.1. The fourth-order valence-corrected chi connectivity index (χ4v) is 1.32. The Labute approximate surface area is 109 Å². The maximum Gasteiger partial charge on any atom is 0.422 e. The Morgan fingerprint density at radius 2 is 2.25 bits per heavy atom. The van der Waals surface area contributed by atoms with E-state index in [1.807, 2.05) is 0 Å². The number of hydrogen-bond donors (Lipinski definition) is 1. The molecule has 1 rings (SSSR count). The maximum absolute atomic E-state index is 12.0. The molecule has 0 aliphatic heterocycles. The average Bonchev–Trinajstić information content (AvgIpc) is 2.68. The highest BCUT2D eigenvalue weighted by atomic mass is 19.4. The Balaban J connectivity index is 2.96. The van der Waals surface area contributed by atoms with Crippen molar-refractivity contribution in [1.29, 1.82) is 0 Å². The topological polar surface area (TPSA) is 107 Å². The van der Waals surface area contributed by atoms with Crippen LogP contribution in [0.4, 0.5) is 18.9 Å². The summed E-state index contributed by atoms with van der Waals surface area (Å²) in [5.41, 5.74) is -0.758. The van der Waals surface area contributed by atoms with E-state index in [9.17, 15) is 28.1 Å². The molecule has 0 aliphatic carbocycles. The van der Waals surface area contributed by atoms with Crippen LogP contribution in [0, 0.1) is 10.1 Å². The molecule has 0 saturated carbocycles. The number of nitro groups is 1. The van der Waals surface area contributed by atoms with Gasteiger partial charge < -0.3 is 9.84 Å². The molecule has 0 spiro atoms. The third-order valence-electron chi connectivity index (χ3n) is 2.17. The highest BCUT2D eigenvalue weighted by Crippen LogP contribution is 2.28. The number of nitrogens with zero attached hydrogens (tertiary/aromatic N) is 3. The third kappa shape index (κ3) is 4.40. The van der Waals surface area contributed by atoms with Crippen molar-refractivity contribution in [2.45, 2.75) is 25.6 Å². The number of ether oxygens (including phenoxy) is 1. The molecule has 8 nitrogen and oxygen atoms in total. The maximum atomic E-state index is 12.0. The zero-order chi connectivity index (χ0) is 15.5. The fourth-order valence-electron chi connectivity index (χ4n) is 1.32. The van der Waals surface area contributed by atoms with Crippen molar-refractivity contribution in [3.05, 3.63) is 16.3 Å². The standard InChI is InChI=1S/C9H10F3N3O5/c1-5(2-7(16)17)14-3-6(15(18)19)8(13-14)20-4-9(10,11)12/h3,5H,2,4H2,1H3,(H,16,17). The smallest absolute Gasteiger partial charge is 0.422 e. The van der Waals surface area contributed by atoms with Crippen LogP contribution in [-0.4, -0.2) is 38.6 Å². The van der Waals surface area contributed by atoms with E-state index in [-0.39, 0.29) is 0 Å². The van der Waals surface area contributed by atoms with E-state index >= 15 is 0 Å². The first-order chi connectivity index (χ1) is 9.10. The number of halogens is 3. The fraction of sp³-hybridized carbons (Fsp3) is 0.556. The Morgan fingerprint density at radius 3 is 2.70 bits per heavy atom. The molecule has 0 radical (unpaired) electrons. The van der Waals surface area contributed by atoms with Gasteiger partial charge in [-0.2, -0.15) is 13.2 Å². The van der Waals surface area contributed by atoms with Gasteiger partial charge in [-0.3, -0.25) is 19.6 Å². The molecular formula is C9H10F3N3O5. The Morgan fingerprint density at radius 1 is 1.65 bits per heavy atom. The minimum Gasteiger partial charge on any atom is -0.481 e. The number of aliphatic carboxylic acids is 1. The van der Waals surface area contributed by atoms with E-state index in [1.165, 1.54) is 6.92 Å². The molecule has 0 bridgehead atoms. The zero-order valence-electron chi connectivity index (χ0n) is 10.1. The Hall–Kier alpha value is -2.33. The van der Waals surface area contributed by atoms with Crippen molar-refractivity contribution in [1.82, 2.24) is 9.78 Å². The number of hydrogen-bond acceptors (Lipinski definition) is 5. The largest absolute Gasteiger partial charge is 0.481 e. The highest BCUT2D eigenvalue weighted by molar-refractivity contribution is 5.67. The van der Waals surface area contributed by atoms with E-state index in [2.05, 4.69) is 9.84 Å². The molecule has 0 aliphatic rings. The van der Waals surface area contributed by atoms with Crippen molar-refractivity contribution in [3.8, 4) is 5.88 Å². The lowest BCUT2D eigenvalue weighted by Gasteiger charge is -2.08. The van der Waals surface area contributed by atoms with Gasteiger partial charge in [0.1, 0.15) is 6.20 Å². The third-order valence-corrected chi connectivity index (χ3v) is 2.17. The summed E-state index contributed by atoms with van der Waals surface area (Å²) in [4.78, 5) is 20.2. The molecule has 20 heavy (non-hydrogen) atoms. The van der Waals surface area contributed by atoms with Crippen LogP contribution >= 0.6 is 0 Å². The van der Waals surface area contributed by atoms with Crippen LogP contribution in [0.1, 0.15) is 19.4 Å². The summed E-state index contributed by atoms with van der Waals surface area (Å²) in [7, 11) is 0. The molecule has 1 heterocycles. The SMILES string of the molecule is CC(CC(=O)O)n1cc([N+](=O)[O-])c(OCC(F)(F)F)n1. The van der Waals surface area contributed by atoms with Crippen LogP contribution < -0.4 is 4.74 Å². The minimum atomic E-state index is -4.66. The van der Waals surface area contributed by atoms with Crippen molar-refractivity contribution in [2.24, 2.45) is 0 Å². The van der Waals surface area contributed by atoms with E-state index in [4.69, 9.17) is 5.11 Å². The van der Waals surface area contributed by atoms with Gasteiger partial charge in [-0.25, -0.2) is 0 Å². The summed E-state index contributed by atoms with van der Waals surface area (Å²) in [6.45, 7) is -0.323. The lowest BCUT2D eigenvalue weighted by Crippen LogP contribution is -2.20. The van der Waals surface area contributed by atoms with Crippen molar-refractivity contribution >= 4 is 11.7 Å². The van der Waals surface area contributed by atoms with Gasteiger partial charge in [0.05, 0.1) is 17.4 Å². The van der Waals surface area contributed by atoms with Crippen molar-refractivity contribution in [2.75, 3.05) is 6.61 Å². The van der Waals surface area contributed by atoms with Crippen LogP contribution in [0.3, 0.4) is 0 Å². The molecule has 1 aromatic heterocycles. The second-order valence-corrected chi connectivity index (χ2v) is 3.91. The monoisotopic (exact) mass is 297 g/mol. The van der Waals surface area contributed by atoms with E-state index in [1.54, 1.807) is 0 Å². The Kier molecular flexibility index (Phi) is 4.53. The summed E-state index contributed by atoms with van der Waals surface area (Å²) >= 11 is 0. The second-order valence-electron chi connectivity index (χ2n) is 3.91. The first kappa shape index (κ1) is 15.7. The molecular weight excluding hydrogens is 287 g/mol. The molecule has 0 fully saturated rings. The van der Waals surface area contributed by atoms with Gasteiger partial charge in [-0.15, -0.1) is 5.10 Å². The second kappa shape index (κ2) is 5.75. The molecule has 1 aromatic rings. The molecule has 0 amide bonds. The predicted octanol–water partition coefficient (Wildman–Crippen LogP) is 1.77. The van der Waals surface area contributed by atoms with Gasteiger partial charge in [-0.05, 0) is 6.92 Å². The molecule has 1 unspecified atom stereocenters. The molecule has 11 heteroatoms. The molecule has 112 valence electrons. The molecule has 0 saturated heterocycles. The quantitative estimate of drug-likeness (QED) is 0.633. The first-order valence-corrected chi connectivity index (χ1v) is 5.25. The van der Waals surface area contributed by atoms with Gasteiger partial charge in [0.15, 0.2) is 6.61 Å². The van der Waals surface area contributed by atoms with E-state index < -0.39 is 47.7 Å². The number of carboxylic acids is 1. The first-order valence-electron chi connectivity index (χ1n) is 5.25. The summed E-state index contributed by atoms with van der Waals surface area (Å²) in [6, 6.07) is -0.769. The van der Waals surface area contributed by atoms with Crippen LogP contribution in [0.2, 0.25) is 0 Å². The van der Waals surface area contributed by atoms with E-state index in [0.717, 1.165) is 10.9 Å². The van der Waals surface area contributed by atoms with Crippen LogP contribution in [-0.2, 0) is 4.79 Å². The summed E-state index contributed by atoms with van der Waals surface area (Å²) in [5, 5.41) is 22.7. The summed E-state index contributed by atoms with van der Waals surface area (Å²) < 4.78 is 41.2. The van der Waals surface area contributed by atoms with Gasteiger partial charge in [0.25, 0.3) is 0 Å². The summed E-state index contributed by atoms with van der Waals surface area (Å²) in [6.07, 6.45) is -4.22. The van der Waals surface area contributed by atoms with Crippen molar-refractivity contribution < 1.29 is 32.7 Å².